The molecule has 0 saturated heterocycles. The number of para-hydroxylation sites is 3. The van der Waals surface area contributed by atoms with Gasteiger partial charge in [-0.15, -0.1) is 0 Å². The fourth-order valence-electron chi connectivity index (χ4n) is 3.20. The Hall–Kier alpha value is -3.73. The van der Waals surface area contributed by atoms with Gasteiger partial charge in [0.1, 0.15) is 5.75 Å². The zero-order valence-electron chi connectivity index (χ0n) is 15.5. The SMILES string of the molecule is COc1ccccc1Nc1ccc(NC(=O)Cc2c[nH]c3ccccc23)cc1. The Balaban J connectivity index is 1.41. The minimum atomic E-state index is -0.0461. The topological polar surface area (TPSA) is 66.2 Å². The van der Waals surface area contributed by atoms with Gasteiger partial charge >= 0.3 is 0 Å². The van der Waals surface area contributed by atoms with Crippen LogP contribution in [0.4, 0.5) is 17.1 Å². The Morgan fingerprint density at radius 2 is 1.64 bits per heavy atom. The van der Waals surface area contributed by atoms with E-state index in [9.17, 15) is 4.79 Å². The molecular weight excluding hydrogens is 350 g/mol. The number of nitrogens with one attached hydrogen (secondary N) is 3. The predicted octanol–water partition coefficient (Wildman–Crippen LogP) is 5.10. The second kappa shape index (κ2) is 7.88. The molecule has 28 heavy (non-hydrogen) atoms. The molecule has 0 saturated carbocycles. The summed E-state index contributed by atoms with van der Waals surface area (Å²) in [5.74, 6) is 0.730. The smallest absolute Gasteiger partial charge is 0.228 e. The van der Waals surface area contributed by atoms with Gasteiger partial charge in [0, 0.05) is 28.5 Å². The van der Waals surface area contributed by atoms with Gasteiger partial charge in [-0.25, -0.2) is 0 Å². The van der Waals surface area contributed by atoms with Crippen molar-refractivity contribution >= 4 is 33.9 Å². The first kappa shape index (κ1) is 17.7. The van der Waals surface area contributed by atoms with Crippen LogP contribution >= 0.6 is 0 Å². The number of amides is 1. The quantitative estimate of drug-likeness (QED) is 0.442. The van der Waals surface area contributed by atoms with E-state index < -0.39 is 0 Å². The number of benzene rings is 3. The van der Waals surface area contributed by atoms with Gasteiger partial charge in [-0.1, -0.05) is 30.3 Å². The van der Waals surface area contributed by atoms with Crippen LogP contribution in [0.2, 0.25) is 0 Å². The summed E-state index contributed by atoms with van der Waals surface area (Å²) in [5.41, 5.74) is 4.59. The van der Waals surface area contributed by atoms with Gasteiger partial charge in [0.15, 0.2) is 0 Å². The summed E-state index contributed by atoms with van der Waals surface area (Å²) in [6.07, 6.45) is 2.22. The van der Waals surface area contributed by atoms with E-state index in [4.69, 9.17) is 4.74 Å². The van der Waals surface area contributed by atoms with Crippen molar-refractivity contribution in [2.75, 3.05) is 17.7 Å². The third kappa shape index (κ3) is 3.83. The molecule has 0 aliphatic heterocycles. The number of H-pyrrole nitrogens is 1. The average molecular weight is 371 g/mol. The van der Waals surface area contributed by atoms with Crippen LogP contribution in [0, 0.1) is 0 Å². The zero-order chi connectivity index (χ0) is 19.3. The first-order chi connectivity index (χ1) is 13.7. The van der Waals surface area contributed by atoms with Crippen LogP contribution in [0.15, 0.2) is 79.0 Å². The molecule has 5 heteroatoms. The van der Waals surface area contributed by atoms with Crippen LogP contribution in [0.5, 0.6) is 5.75 Å². The Labute approximate surface area is 163 Å². The molecule has 3 N–H and O–H groups in total. The highest BCUT2D eigenvalue weighted by Gasteiger charge is 2.09. The Morgan fingerprint density at radius 1 is 0.929 bits per heavy atom. The normalized spacial score (nSPS) is 10.6. The molecule has 0 radical (unpaired) electrons. The Kier molecular flexibility index (Phi) is 4.97. The van der Waals surface area contributed by atoms with Gasteiger partial charge in [0.2, 0.25) is 5.91 Å². The highest BCUT2D eigenvalue weighted by Crippen LogP contribution is 2.27. The Morgan fingerprint density at radius 3 is 2.46 bits per heavy atom. The molecule has 0 spiro atoms. The second-order valence-electron chi connectivity index (χ2n) is 6.49. The van der Waals surface area contributed by atoms with E-state index in [-0.39, 0.29) is 5.91 Å². The summed E-state index contributed by atoms with van der Waals surface area (Å²) in [4.78, 5) is 15.6. The number of carbonyl (C=O) groups excluding carboxylic acids is 1. The molecule has 140 valence electrons. The summed E-state index contributed by atoms with van der Waals surface area (Å²) in [6, 6.07) is 23.3. The summed E-state index contributed by atoms with van der Waals surface area (Å²) in [7, 11) is 1.65. The molecule has 1 amide bonds. The van der Waals surface area contributed by atoms with Crippen LogP contribution in [-0.2, 0) is 11.2 Å². The molecule has 5 nitrogen and oxygen atoms in total. The molecule has 0 bridgehead atoms. The number of aromatic amines is 1. The number of hydrogen-bond acceptors (Lipinski definition) is 3. The van der Waals surface area contributed by atoms with E-state index in [2.05, 4.69) is 15.6 Å². The number of aromatic nitrogens is 1. The summed E-state index contributed by atoms with van der Waals surface area (Å²) in [5, 5.41) is 7.35. The molecule has 0 aliphatic carbocycles. The largest absolute Gasteiger partial charge is 0.495 e. The van der Waals surface area contributed by atoms with Crippen molar-refractivity contribution in [3.8, 4) is 5.75 Å². The van der Waals surface area contributed by atoms with Crippen LogP contribution in [-0.4, -0.2) is 18.0 Å². The van der Waals surface area contributed by atoms with Crippen LogP contribution in [0.25, 0.3) is 10.9 Å². The highest BCUT2D eigenvalue weighted by atomic mass is 16.5. The zero-order valence-corrected chi connectivity index (χ0v) is 15.5. The van der Waals surface area contributed by atoms with Gasteiger partial charge in [-0.3, -0.25) is 4.79 Å². The van der Waals surface area contributed by atoms with Gasteiger partial charge < -0.3 is 20.4 Å². The van der Waals surface area contributed by atoms with Gasteiger partial charge in [0.25, 0.3) is 0 Å². The third-order valence-corrected chi connectivity index (χ3v) is 4.58. The lowest BCUT2D eigenvalue weighted by Crippen LogP contribution is -2.14. The van der Waals surface area contributed by atoms with E-state index in [1.807, 2.05) is 79.0 Å². The van der Waals surface area contributed by atoms with Crippen LogP contribution in [0.3, 0.4) is 0 Å². The van der Waals surface area contributed by atoms with E-state index >= 15 is 0 Å². The van der Waals surface area contributed by atoms with Crippen molar-refractivity contribution in [3.63, 3.8) is 0 Å². The van der Waals surface area contributed by atoms with E-state index in [1.165, 1.54) is 0 Å². The standard InChI is InChI=1S/C23H21N3O2/c1-28-22-9-5-4-8-21(22)25-17-10-12-18(13-11-17)26-23(27)14-16-15-24-20-7-3-2-6-19(16)20/h2-13,15,24-25H,14H2,1H3,(H,26,27). The molecule has 0 aliphatic rings. The first-order valence-electron chi connectivity index (χ1n) is 9.08. The van der Waals surface area contributed by atoms with E-state index in [1.54, 1.807) is 7.11 Å². The van der Waals surface area contributed by atoms with Gasteiger partial charge in [-0.05, 0) is 48.0 Å². The fourth-order valence-corrected chi connectivity index (χ4v) is 3.20. The molecule has 3 aromatic carbocycles. The molecule has 0 atom stereocenters. The molecular formula is C23H21N3O2. The number of methoxy groups -OCH3 is 1. The lowest BCUT2D eigenvalue weighted by molar-refractivity contribution is -0.115. The number of rotatable bonds is 6. The predicted molar refractivity (Wildman–Crippen MR) is 113 cm³/mol. The number of anilines is 3. The lowest BCUT2D eigenvalue weighted by Gasteiger charge is -2.11. The summed E-state index contributed by atoms with van der Waals surface area (Å²) >= 11 is 0. The van der Waals surface area contributed by atoms with Crippen molar-refractivity contribution in [1.29, 1.82) is 0 Å². The third-order valence-electron chi connectivity index (χ3n) is 4.58. The molecule has 4 rings (SSSR count). The minimum absolute atomic E-state index is 0.0461. The van der Waals surface area contributed by atoms with Gasteiger partial charge in [-0.2, -0.15) is 0 Å². The van der Waals surface area contributed by atoms with Crippen LogP contribution < -0.4 is 15.4 Å². The minimum Gasteiger partial charge on any atom is -0.495 e. The molecule has 4 aromatic rings. The van der Waals surface area contributed by atoms with Crippen molar-refractivity contribution in [2.24, 2.45) is 0 Å². The van der Waals surface area contributed by atoms with Crippen molar-refractivity contribution < 1.29 is 9.53 Å². The highest BCUT2D eigenvalue weighted by molar-refractivity contribution is 5.95. The van der Waals surface area contributed by atoms with E-state index in [0.29, 0.717) is 6.42 Å². The molecule has 0 fully saturated rings. The van der Waals surface area contributed by atoms with Crippen molar-refractivity contribution in [1.82, 2.24) is 4.98 Å². The molecule has 0 unspecified atom stereocenters. The number of hydrogen-bond donors (Lipinski definition) is 3. The number of carbonyl (C=O) groups is 1. The van der Waals surface area contributed by atoms with Crippen LogP contribution in [0.1, 0.15) is 5.56 Å². The number of ether oxygens (including phenoxy) is 1. The Bertz CT molecular complexity index is 1100. The second-order valence-corrected chi connectivity index (χ2v) is 6.49. The number of fused-ring (bicyclic) bond motifs is 1. The van der Waals surface area contributed by atoms with Crippen molar-refractivity contribution in [2.45, 2.75) is 6.42 Å². The average Bonchev–Trinajstić information content (AvgIpc) is 3.13. The summed E-state index contributed by atoms with van der Waals surface area (Å²) < 4.78 is 5.35. The molecule has 1 aromatic heterocycles. The monoisotopic (exact) mass is 371 g/mol. The lowest BCUT2D eigenvalue weighted by atomic mass is 10.1. The fraction of sp³-hybridized carbons (Fsp3) is 0.0870. The van der Waals surface area contributed by atoms with Crippen molar-refractivity contribution in [3.05, 3.63) is 84.6 Å². The maximum atomic E-state index is 12.4. The maximum Gasteiger partial charge on any atom is 0.228 e. The van der Waals surface area contributed by atoms with E-state index in [0.717, 1.165) is 39.3 Å². The molecule has 1 heterocycles. The van der Waals surface area contributed by atoms with Gasteiger partial charge in [0.05, 0.1) is 19.2 Å². The first-order valence-corrected chi connectivity index (χ1v) is 9.08. The maximum absolute atomic E-state index is 12.4. The summed E-state index contributed by atoms with van der Waals surface area (Å²) in [6.45, 7) is 0.